The normalized spacial score (nSPS) is 12.5. The summed E-state index contributed by atoms with van der Waals surface area (Å²) in [6.45, 7) is 4.11. The Morgan fingerprint density at radius 3 is 2.93 bits per heavy atom. The van der Waals surface area contributed by atoms with Crippen molar-refractivity contribution in [1.82, 2.24) is 19.7 Å². The zero-order chi connectivity index (χ0) is 11.4. The van der Waals surface area contributed by atoms with Gasteiger partial charge in [-0.05, 0) is 13.8 Å². The van der Waals surface area contributed by atoms with Crippen molar-refractivity contribution in [2.24, 2.45) is 0 Å². The number of likely N-dealkylation sites (N-methyl/N-ethyl adjacent to an activating group) is 1. The molecule has 0 saturated carbocycles. The lowest BCUT2D eigenvalue weighted by Gasteiger charge is -2.21. The van der Waals surface area contributed by atoms with Crippen LogP contribution in [0.2, 0.25) is 0 Å². The van der Waals surface area contributed by atoms with Crippen LogP contribution in [-0.2, 0) is 11.4 Å². The van der Waals surface area contributed by atoms with Crippen LogP contribution >= 0.6 is 0 Å². The molecule has 1 heterocycles. The number of rotatable bonds is 4. The van der Waals surface area contributed by atoms with Crippen LogP contribution in [0.1, 0.15) is 25.7 Å². The Hall–Kier alpha value is -1.43. The maximum Gasteiger partial charge on any atom is 0.245 e. The van der Waals surface area contributed by atoms with Crippen molar-refractivity contribution in [3.8, 4) is 0 Å². The molecule has 0 aromatic carbocycles. The molecule has 1 N–H and O–H groups in total. The van der Waals surface area contributed by atoms with Gasteiger partial charge in [0.1, 0.15) is 19.0 Å². The number of aromatic nitrogens is 3. The van der Waals surface area contributed by atoms with Crippen LogP contribution in [0.15, 0.2) is 6.33 Å². The second-order valence-electron chi connectivity index (χ2n) is 3.34. The third-order valence-corrected chi connectivity index (χ3v) is 2.41. The standard InChI is InChI=1S/C9H16N4O2/c1-4-12(3)9(15)7(2)13-6-10-11-8(13)5-14/h6-7,14H,4-5H2,1-3H3. The van der Waals surface area contributed by atoms with Gasteiger partial charge in [-0.15, -0.1) is 10.2 Å². The molecule has 1 amide bonds. The molecule has 1 rings (SSSR count). The van der Waals surface area contributed by atoms with Gasteiger partial charge in [0.15, 0.2) is 5.82 Å². The maximum atomic E-state index is 11.8. The summed E-state index contributed by atoms with van der Waals surface area (Å²) in [4.78, 5) is 13.4. The van der Waals surface area contributed by atoms with Crippen LogP contribution < -0.4 is 0 Å². The molecule has 0 aliphatic heterocycles. The zero-order valence-electron chi connectivity index (χ0n) is 9.21. The average Bonchev–Trinajstić information content (AvgIpc) is 2.73. The van der Waals surface area contributed by atoms with Gasteiger partial charge in [-0.3, -0.25) is 4.79 Å². The first-order valence-electron chi connectivity index (χ1n) is 4.86. The van der Waals surface area contributed by atoms with Gasteiger partial charge in [-0.1, -0.05) is 0 Å². The van der Waals surface area contributed by atoms with Crippen LogP contribution in [0.3, 0.4) is 0 Å². The molecule has 1 atom stereocenters. The number of hydrogen-bond acceptors (Lipinski definition) is 4. The van der Waals surface area contributed by atoms with E-state index in [0.717, 1.165) is 0 Å². The predicted molar refractivity (Wildman–Crippen MR) is 54.0 cm³/mol. The summed E-state index contributed by atoms with van der Waals surface area (Å²) in [5.74, 6) is 0.382. The summed E-state index contributed by atoms with van der Waals surface area (Å²) in [6, 6.07) is -0.382. The van der Waals surface area contributed by atoms with Gasteiger partial charge >= 0.3 is 0 Å². The highest BCUT2D eigenvalue weighted by atomic mass is 16.3. The summed E-state index contributed by atoms with van der Waals surface area (Å²) in [7, 11) is 1.74. The first-order valence-corrected chi connectivity index (χ1v) is 4.86. The summed E-state index contributed by atoms with van der Waals surface area (Å²) >= 11 is 0. The molecule has 1 aromatic heterocycles. The van der Waals surface area contributed by atoms with E-state index in [1.165, 1.54) is 6.33 Å². The molecule has 6 heteroatoms. The summed E-state index contributed by atoms with van der Waals surface area (Å²) in [5, 5.41) is 16.4. The molecule has 0 radical (unpaired) electrons. The number of aliphatic hydroxyl groups excluding tert-OH is 1. The molecule has 0 saturated heterocycles. The van der Waals surface area contributed by atoms with Crippen molar-refractivity contribution in [3.05, 3.63) is 12.2 Å². The largest absolute Gasteiger partial charge is 0.388 e. The smallest absolute Gasteiger partial charge is 0.245 e. The number of carbonyl (C=O) groups excluding carboxylic acids is 1. The Balaban J connectivity index is 2.84. The Labute approximate surface area is 88.5 Å². The van der Waals surface area contributed by atoms with Gasteiger partial charge in [-0.2, -0.15) is 0 Å². The molecule has 1 aromatic rings. The second kappa shape index (κ2) is 4.88. The molecule has 0 aliphatic rings. The van der Waals surface area contributed by atoms with E-state index in [-0.39, 0.29) is 18.6 Å². The molecule has 6 nitrogen and oxygen atoms in total. The van der Waals surface area contributed by atoms with E-state index < -0.39 is 0 Å². The second-order valence-corrected chi connectivity index (χ2v) is 3.34. The summed E-state index contributed by atoms with van der Waals surface area (Å²) < 4.78 is 1.58. The minimum Gasteiger partial charge on any atom is -0.388 e. The van der Waals surface area contributed by atoms with E-state index in [1.54, 1.807) is 23.4 Å². The van der Waals surface area contributed by atoms with E-state index in [2.05, 4.69) is 10.2 Å². The molecule has 15 heavy (non-hydrogen) atoms. The van der Waals surface area contributed by atoms with Crippen molar-refractivity contribution < 1.29 is 9.90 Å². The minimum atomic E-state index is -0.382. The highest BCUT2D eigenvalue weighted by molar-refractivity contribution is 5.79. The lowest BCUT2D eigenvalue weighted by Crippen LogP contribution is -2.33. The number of aliphatic hydroxyl groups is 1. The molecule has 0 aliphatic carbocycles. The van der Waals surface area contributed by atoms with Crippen molar-refractivity contribution in [3.63, 3.8) is 0 Å². The van der Waals surface area contributed by atoms with Crippen molar-refractivity contribution in [2.45, 2.75) is 26.5 Å². The lowest BCUT2D eigenvalue weighted by atomic mass is 10.3. The molecular weight excluding hydrogens is 196 g/mol. The van der Waals surface area contributed by atoms with E-state index in [9.17, 15) is 4.79 Å². The average molecular weight is 212 g/mol. The Morgan fingerprint density at radius 1 is 1.73 bits per heavy atom. The topological polar surface area (TPSA) is 71.2 Å². The predicted octanol–water partition coefficient (Wildman–Crippen LogP) is -0.190. The molecule has 0 bridgehead atoms. The van der Waals surface area contributed by atoms with Gasteiger partial charge in [0.05, 0.1) is 0 Å². The molecule has 1 unspecified atom stereocenters. The summed E-state index contributed by atoms with van der Waals surface area (Å²) in [6.07, 6.45) is 1.46. The van der Waals surface area contributed by atoms with Crippen LogP contribution in [0.5, 0.6) is 0 Å². The van der Waals surface area contributed by atoms with Crippen LogP contribution in [0.4, 0.5) is 0 Å². The molecular formula is C9H16N4O2. The molecule has 0 spiro atoms. The Morgan fingerprint density at radius 2 is 2.40 bits per heavy atom. The maximum absolute atomic E-state index is 11.8. The zero-order valence-corrected chi connectivity index (χ0v) is 9.21. The minimum absolute atomic E-state index is 0.0213. The van der Waals surface area contributed by atoms with Gasteiger partial charge in [0.2, 0.25) is 5.91 Å². The van der Waals surface area contributed by atoms with Crippen LogP contribution in [-0.4, -0.2) is 44.3 Å². The monoisotopic (exact) mass is 212 g/mol. The Bertz CT molecular complexity index is 337. The van der Waals surface area contributed by atoms with E-state index in [4.69, 9.17) is 5.11 Å². The van der Waals surface area contributed by atoms with Gasteiger partial charge in [0, 0.05) is 13.6 Å². The van der Waals surface area contributed by atoms with E-state index in [1.807, 2.05) is 6.92 Å². The fraction of sp³-hybridized carbons (Fsp3) is 0.667. The van der Waals surface area contributed by atoms with Crippen LogP contribution in [0, 0.1) is 0 Å². The first kappa shape index (κ1) is 11.6. The molecule has 84 valence electrons. The number of carbonyl (C=O) groups is 1. The highest BCUT2D eigenvalue weighted by Crippen LogP contribution is 2.10. The number of amides is 1. The number of nitrogens with zero attached hydrogens (tertiary/aromatic N) is 4. The number of hydrogen-bond donors (Lipinski definition) is 1. The fourth-order valence-electron chi connectivity index (χ4n) is 1.30. The lowest BCUT2D eigenvalue weighted by molar-refractivity contribution is -0.132. The Kier molecular flexibility index (Phi) is 3.79. The fourth-order valence-corrected chi connectivity index (χ4v) is 1.30. The van der Waals surface area contributed by atoms with Gasteiger partial charge < -0.3 is 14.6 Å². The van der Waals surface area contributed by atoms with Gasteiger partial charge in [0.25, 0.3) is 0 Å². The first-order chi connectivity index (χ1) is 7.11. The van der Waals surface area contributed by atoms with Crippen molar-refractivity contribution in [2.75, 3.05) is 13.6 Å². The molecule has 0 fully saturated rings. The third-order valence-electron chi connectivity index (χ3n) is 2.41. The van der Waals surface area contributed by atoms with Crippen molar-refractivity contribution in [1.29, 1.82) is 0 Å². The highest BCUT2D eigenvalue weighted by Gasteiger charge is 2.20. The quantitative estimate of drug-likeness (QED) is 0.751. The van der Waals surface area contributed by atoms with E-state index >= 15 is 0 Å². The third kappa shape index (κ3) is 2.33. The van der Waals surface area contributed by atoms with Crippen LogP contribution in [0.25, 0.3) is 0 Å². The summed E-state index contributed by atoms with van der Waals surface area (Å²) in [5.41, 5.74) is 0. The van der Waals surface area contributed by atoms with Gasteiger partial charge in [-0.25, -0.2) is 0 Å². The SMILES string of the molecule is CCN(C)C(=O)C(C)n1cnnc1CO. The van der Waals surface area contributed by atoms with Crippen molar-refractivity contribution >= 4 is 5.91 Å². The van der Waals surface area contributed by atoms with E-state index in [0.29, 0.717) is 12.4 Å².